The molecule has 0 fully saturated rings. The summed E-state index contributed by atoms with van der Waals surface area (Å²) in [4.78, 5) is 20.1. The summed E-state index contributed by atoms with van der Waals surface area (Å²) in [6, 6.07) is 8.42. The third-order valence-electron chi connectivity index (χ3n) is 3.31. The van der Waals surface area contributed by atoms with Crippen LogP contribution < -0.4 is 5.32 Å². The van der Waals surface area contributed by atoms with Gasteiger partial charge in [0.2, 0.25) is 0 Å². The summed E-state index contributed by atoms with van der Waals surface area (Å²) in [5.41, 5.74) is 1.64. The fourth-order valence-corrected chi connectivity index (χ4v) is 3.22. The lowest BCUT2D eigenvalue weighted by molar-refractivity contribution is 0.0685. The van der Waals surface area contributed by atoms with Crippen LogP contribution in [0.3, 0.4) is 0 Å². The molecule has 0 aliphatic carbocycles. The number of thiazole rings is 1. The van der Waals surface area contributed by atoms with Crippen molar-refractivity contribution in [1.82, 2.24) is 9.88 Å². The molecule has 2 rings (SSSR count). The number of rotatable bonds is 6. The van der Waals surface area contributed by atoms with Crippen LogP contribution in [0.25, 0.3) is 0 Å². The number of benzene rings is 1. The van der Waals surface area contributed by atoms with Crippen LogP contribution >= 0.6 is 23.1 Å². The number of aromatic nitrogens is 1. The van der Waals surface area contributed by atoms with Crippen LogP contribution in [0, 0.1) is 0 Å². The van der Waals surface area contributed by atoms with Gasteiger partial charge >= 0.3 is 0 Å². The normalized spacial score (nSPS) is 10.8. The number of hydrogen-bond donors (Lipinski definition) is 1. The number of nitrogens with one attached hydrogen (secondary N) is 1. The molecule has 0 bridgehead atoms. The second kappa shape index (κ2) is 7.65. The summed E-state index contributed by atoms with van der Waals surface area (Å²) in [6.07, 6.45) is 2.05. The van der Waals surface area contributed by atoms with Crippen LogP contribution in [-0.4, -0.2) is 35.1 Å². The number of amides is 1. The van der Waals surface area contributed by atoms with Crippen molar-refractivity contribution in [2.45, 2.75) is 31.3 Å². The SMILES string of the molecule is CNc1nc(C(=O)N(Cc2cccc(SC)c2)C(C)C)cs1. The van der Waals surface area contributed by atoms with E-state index in [-0.39, 0.29) is 11.9 Å². The molecule has 0 saturated carbocycles. The molecule has 0 saturated heterocycles. The Balaban J connectivity index is 2.20. The minimum absolute atomic E-state index is 0.0256. The molecule has 0 atom stereocenters. The third kappa shape index (κ3) is 4.01. The smallest absolute Gasteiger partial charge is 0.273 e. The first-order chi connectivity index (χ1) is 10.5. The zero-order valence-corrected chi connectivity index (χ0v) is 14.9. The van der Waals surface area contributed by atoms with Crippen LogP contribution in [-0.2, 0) is 6.54 Å². The zero-order chi connectivity index (χ0) is 16.1. The third-order valence-corrected chi connectivity index (χ3v) is 4.89. The van der Waals surface area contributed by atoms with E-state index in [0.29, 0.717) is 12.2 Å². The first-order valence-corrected chi connectivity index (χ1v) is 9.22. The van der Waals surface area contributed by atoms with Crippen molar-refractivity contribution in [3.63, 3.8) is 0 Å². The maximum Gasteiger partial charge on any atom is 0.273 e. The van der Waals surface area contributed by atoms with Gasteiger partial charge in [-0.1, -0.05) is 12.1 Å². The highest BCUT2D eigenvalue weighted by atomic mass is 32.2. The van der Waals surface area contributed by atoms with Gasteiger partial charge in [-0.15, -0.1) is 23.1 Å². The molecule has 1 aromatic carbocycles. The summed E-state index contributed by atoms with van der Waals surface area (Å²) in [7, 11) is 1.81. The van der Waals surface area contributed by atoms with Gasteiger partial charge in [0.15, 0.2) is 5.13 Å². The largest absolute Gasteiger partial charge is 0.365 e. The summed E-state index contributed by atoms with van der Waals surface area (Å²) < 4.78 is 0. The summed E-state index contributed by atoms with van der Waals surface area (Å²) >= 11 is 3.15. The number of nitrogens with zero attached hydrogens (tertiary/aromatic N) is 2. The molecule has 0 aliphatic heterocycles. The van der Waals surface area contributed by atoms with Crippen LogP contribution in [0.4, 0.5) is 5.13 Å². The number of thioether (sulfide) groups is 1. The first kappa shape index (κ1) is 16.8. The molecule has 0 aliphatic rings. The quantitative estimate of drug-likeness (QED) is 0.812. The lowest BCUT2D eigenvalue weighted by Gasteiger charge is -2.26. The van der Waals surface area contributed by atoms with Gasteiger partial charge in [-0.2, -0.15) is 0 Å². The van der Waals surface area contributed by atoms with Crippen molar-refractivity contribution < 1.29 is 4.79 Å². The fraction of sp³-hybridized carbons (Fsp3) is 0.375. The Hall–Kier alpha value is -1.53. The van der Waals surface area contributed by atoms with Crippen LogP contribution in [0.5, 0.6) is 0 Å². The number of hydrogen-bond acceptors (Lipinski definition) is 5. The molecule has 1 amide bonds. The van der Waals surface area contributed by atoms with Crippen molar-refractivity contribution in [2.24, 2.45) is 0 Å². The monoisotopic (exact) mass is 335 g/mol. The Bertz CT molecular complexity index is 640. The Morgan fingerprint density at radius 2 is 2.23 bits per heavy atom. The molecular weight excluding hydrogens is 314 g/mol. The Kier molecular flexibility index (Phi) is 5.85. The van der Waals surface area contributed by atoms with E-state index in [1.54, 1.807) is 18.8 Å². The lowest BCUT2D eigenvalue weighted by Crippen LogP contribution is -2.36. The van der Waals surface area contributed by atoms with Crippen molar-refractivity contribution in [3.8, 4) is 0 Å². The minimum atomic E-state index is -0.0256. The maximum atomic E-state index is 12.7. The predicted molar refractivity (Wildman–Crippen MR) is 94.9 cm³/mol. The Labute approximate surface area is 139 Å². The molecule has 1 heterocycles. The molecule has 0 spiro atoms. The van der Waals surface area contributed by atoms with E-state index in [2.05, 4.69) is 34.8 Å². The standard InChI is InChI=1S/C16H21N3OS2/c1-11(2)19(9-12-6-5-7-13(8-12)21-4)15(20)14-10-22-16(17-3)18-14/h5-8,10-11H,9H2,1-4H3,(H,17,18). The molecule has 0 unspecified atom stereocenters. The summed E-state index contributed by atoms with van der Waals surface area (Å²) in [5.74, 6) is -0.0256. The summed E-state index contributed by atoms with van der Waals surface area (Å²) in [5, 5.41) is 5.54. The molecule has 22 heavy (non-hydrogen) atoms. The van der Waals surface area contributed by atoms with Crippen molar-refractivity contribution in [3.05, 3.63) is 40.9 Å². The first-order valence-electron chi connectivity index (χ1n) is 7.12. The molecule has 0 radical (unpaired) electrons. The van der Waals surface area contributed by atoms with E-state index in [1.165, 1.54) is 16.2 Å². The van der Waals surface area contributed by atoms with Gasteiger partial charge in [0, 0.05) is 29.9 Å². The Morgan fingerprint density at radius 3 is 2.82 bits per heavy atom. The fourth-order valence-electron chi connectivity index (χ4n) is 2.09. The molecule has 1 N–H and O–H groups in total. The second-order valence-corrected chi connectivity index (χ2v) is 6.90. The summed E-state index contributed by atoms with van der Waals surface area (Å²) in [6.45, 7) is 4.65. The zero-order valence-electron chi connectivity index (χ0n) is 13.3. The minimum Gasteiger partial charge on any atom is -0.365 e. The van der Waals surface area contributed by atoms with Gasteiger partial charge < -0.3 is 10.2 Å². The molecule has 4 nitrogen and oxygen atoms in total. The van der Waals surface area contributed by atoms with Gasteiger partial charge in [-0.3, -0.25) is 4.79 Å². The van der Waals surface area contributed by atoms with Gasteiger partial charge in [-0.05, 0) is 37.8 Å². The average Bonchev–Trinajstić information content (AvgIpc) is 3.01. The molecule has 2 aromatic rings. The molecular formula is C16H21N3OS2. The number of carbonyl (C=O) groups is 1. The maximum absolute atomic E-state index is 12.7. The average molecular weight is 335 g/mol. The molecule has 6 heteroatoms. The van der Waals surface area contributed by atoms with Gasteiger partial charge in [-0.25, -0.2) is 4.98 Å². The van der Waals surface area contributed by atoms with E-state index in [0.717, 1.165) is 10.7 Å². The molecule has 118 valence electrons. The second-order valence-electron chi connectivity index (χ2n) is 5.17. The van der Waals surface area contributed by atoms with Crippen molar-refractivity contribution in [1.29, 1.82) is 0 Å². The van der Waals surface area contributed by atoms with E-state index in [1.807, 2.05) is 30.2 Å². The van der Waals surface area contributed by atoms with Gasteiger partial charge in [0.05, 0.1) is 0 Å². The topological polar surface area (TPSA) is 45.2 Å². The van der Waals surface area contributed by atoms with E-state index in [9.17, 15) is 4.79 Å². The van der Waals surface area contributed by atoms with Crippen LogP contribution in [0.1, 0.15) is 29.9 Å². The number of carbonyl (C=O) groups excluding carboxylic acids is 1. The lowest BCUT2D eigenvalue weighted by atomic mass is 10.2. The van der Waals surface area contributed by atoms with E-state index in [4.69, 9.17) is 0 Å². The van der Waals surface area contributed by atoms with E-state index >= 15 is 0 Å². The van der Waals surface area contributed by atoms with E-state index < -0.39 is 0 Å². The van der Waals surface area contributed by atoms with Gasteiger partial charge in [0.25, 0.3) is 5.91 Å². The van der Waals surface area contributed by atoms with Crippen LogP contribution in [0.2, 0.25) is 0 Å². The predicted octanol–water partition coefficient (Wildman–Crippen LogP) is 3.96. The van der Waals surface area contributed by atoms with Crippen molar-refractivity contribution >= 4 is 34.1 Å². The Morgan fingerprint density at radius 1 is 1.45 bits per heavy atom. The van der Waals surface area contributed by atoms with Crippen molar-refractivity contribution in [2.75, 3.05) is 18.6 Å². The molecule has 1 aromatic heterocycles. The highest BCUT2D eigenvalue weighted by Gasteiger charge is 2.21. The highest BCUT2D eigenvalue weighted by molar-refractivity contribution is 7.98. The van der Waals surface area contributed by atoms with Gasteiger partial charge in [0.1, 0.15) is 5.69 Å². The van der Waals surface area contributed by atoms with Crippen LogP contribution in [0.15, 0.2) is 34.5 Å². The number of anilines is 1. The highest BCUT2D eigenvalue weighted by Crippen LogP contribution is 2.21.